The molecular formula is C14H12ClFN2O. The predicted molar refractivity (Wildman–Crippen MR) is 75.0 cm³/mol. The third-order valence-corrected chi connectivity index (χ3v) is 2.98. The molecule has 1 amide bonds. The topological polar surface area (TPSA) is 46.3 Å². The molecule has 2 rings (SSSR count). The molecule has 5 heteroatoms. The number of nitrogen functional groups attached to an aromatic ring is 1. The van der Waals surface area contributed by atoms with Crippen molar-refractivity contribution >= 4 is 28.9 Å². The van der Waals surface area contributed by atoms with Crippen LogP contribution in [0, 0.1) is 5.82 Å². The van der Waals surface area contributed by atoms with Gasteiger partial charge in [-0.15, -0.1) is 0 Å². The van der Waals surface area contributed by atoms with Crippen LogP contribution in [0.15, 0.2) is 42.5 Å². The minimum atomic E-state index is -0.402. The number of carbonyl (C=O) groups is 1. The SMILES string of the molecule is CN(C(=O)c1ccc(Cl)cc1N)c1cccc(F)c1. The summed E-state index contributed by atoms with van der Waals surface area (Å²) in [5.74, 6) is -0.721. The van der Waals surface area contributed by atoms with Crippen LogP contribution in [0.4, 0.5) is 15.8 Å². The maximum absolute atomic E-state index is 13.1. The summed E-state index contributed by atoms with van der Waals surface area (Å²) in [6.45, 7) is 0. The van der Waals surface area contributed by atoms with Crippen LogP contribution >= 0.6 is 11.6 Å². The first-order chi connectivity index (χ1) is 8.99. The zero-order chi connectivity index (χ0) is 14.0. The van der Waals surface area contributed by atoms with Crippen LogP contribution in [0.25, 0.3) is 0 Å². The van der Waals surface area contributed by atoms with Gasteiger partial charge in [-0.1, -0.05) is 17.7 Å². The first-order valence-electron chi connectivity index (χ1n) is 5.57. The Morgan fingerprint density at radius 1 is 1.26 bits per heavy atom. The third-order valence-electron chi connectivity index (χ3n) is 2.74. The van der Waals surface area contributed by atoms with Gasteiger partial charge in [0.2, 0.25) is 0 Å². The molecule has 3 nitrogen and oxygen atoms in total. The molecule has 98 valence electrons. The fourth-order valence-electron chi connectivity index (χ4n) is 1.71. The van der Waals surface area contributed by atoms with E-state index in [9.17, 15) is 9.18 Å². The molecule has 2 aromatic carbocycles. The van der Waals surface area contributed by atoms with E-state index < -0.39 is 5.82 Å². The molecule has 0 aliphatic carbocycles. The van der Waals surface area contributed by atoms with Crippen molar-refractivity contribution < 1.29 is 9.18 Å². The maximum atomic E-state index is 13.1. The first-order valence-corrected chi connectivity index (χ1v) is 5.95. The van der Waals surface area contributed by atoms with E-state index in [0.29, 0.717) is 22.0 Å². The number of halogens is 2. The van der Waals surface area contributed by atoms with Crippen molar-refractivity contribution in [3.8, 4) is 0 Å². The number of benzene rings is 2. The van der Waals surface area contributed by atoms with E-state index in [0.717, 1.165) is 0 Å². The van der Waals surface area contributed by atoms with Crippen molar-refractivity contribution in [1.82, 2.24) is 0 Å². The lowest BCUT2D eigenvalue weighted by molar-refractivity contribution is 0.0994. The second-order valence-electron chi connectivity index (χ2n) is 4.08. The smallest absolute Gasteiger partial charge is 0.260 e. The normalized spacial score (nSPS) is 10.3. The molecule has 0 heterocycles. The van der Waals surface area contributed by atoms with Crippen LogP contribution in [0.2, 0.25) is 5.02 Å². The fourth-order valence-corrected chi connectivity index (χ4v) is 1.89. The molecule has 2 N–H and O–H groups in total. The van der Waals surface area contributed by atoms with Crippen LogP contribution in [-0.2, 0) is 0 Å². The third kappa shape index (κ3) is 2.85. The molecule has 0 saturated carbocycles. The van der Waals surface area contributed by atoms with Gasteiger partial charge in [0.25, 0.3) is 5.91 Å². The lowest BCUT2D eigenvalue weighted by Crippen LogP contribution is -2.27. The standard InChI is InChI=1S/C14H12ClFN2O/c1-18(11-4-2-3-10(16)8-11)14(19)12-6-5-9(15)7-13(12)17/h2-8H,17H2,1H3. The molecule has 0 aromatic heterocycles. The number of nitrogens with two attached hydrogens (primary N) is 1. The van der Waals surface area contributed by atoms with Gasteiger partial charge in [0.1, 0.15) is 5.82 Å². The van der Waals surface area contributed by atoms with E-state index in [-0.39, 0.29) is 5.91 Å². The Balaban J connectivity index is 2.33. The molecule has 0 unspecified atom stereocenters. The van der Waals surface area contributed by atoms with Crippen LogP contribution in [0.3, 0.4) is 0 Å². The zero-order valence-electron chi connectivity index (χ0n) is 10.2. The predicted octanol–water partition coefficient (Wildman–Crippen LogP) is 3.34. The lowest BCUT2D eigenvalue weighted by atomic mass is 10.1. The summed E-state index contributed by atoms with van der Waals surface area (Å²) in [4.78, 5) is 13.6. The molecule has 0 bridgehead atoms. The Kier molecular flexibility index (Phi) is 3.71. The molecule has 0 saturated heterocycles. The maximum Gasteiger partial charge on any atom is 0.260 e. The highest BCUT2D eigenvalue weighted by Gasteiger charge is 2.16. The summed E-state index contributed by atoms with van der Waals surface area (Å²) in [7, 11) is 1.56. The summed E-state index contributed by atoms with van der Waals surface area (Å²) < 4.78 is 13.1. The van der Waals surface area contributed by atoms with Crippen molar-refractivity contribution in [1.29, 1.82) is 0 Å². The van der Waals surface area contributed by atoms with Gasteiger partial charge in [-0.3, -0.25) is 4.79 Å². The fraction of sp³-hybridized carbons (Fsp3) is 0.0714. The van der Waals surface area contributed by atoms with E-state index >= 15 is 0 Å². The van der Waals surface area contributed by atoms with E-state index in [4.69, 9.17) is 17.3 Å². The van der Waals surface area contributed by atoms with Crippen molar-refractivity contribution in [2.75, 3.05) is 17.7 Å². The van der Waals surface area contributed by atoms with Crippen LogP contribution < -0.4 is 10.6 Å². The highest BCUT2D eigenvalue weighted by atomic mass is 35.5. The summed E-state index contributed by atoms with van der Waals surface area (Å²) >= 11 is 5.78. The first kappa shape index (κ1) is 13.4. The molecule has 0 fully saturated rings. The molecule has 0 radical (unpaired) electrons. The van der Waals surface area contributed by atoms with Gasteiger partial charge in [0.15, 0.2) is 0 Å². The summed E-state index contributed by atoms with van der Waals surface area (Å²) in [5.41, 5.74) is 6.84. The number of hydrogen-bond acceptors (Lipinski definition) is 2. The lowest BCUT2D eigenvalue weighted by Gasteiger charge is -2.18. The molecule has 2 aromatic rings. The Labute approximate surface area is 115 Å². The Bertz CT molecular complexity index is 631. The van der Waals surface area contributed by atoms with Gasteiger partial charge in [0, 0.05) is 23.4 Å². The van der Waals surface area contributed by atoms with Crippen LogP contribution in [-0.4, -0.2) is 13.0 Å². The number of amides is 1. The minimum absolute atomic E-state index is 0.292. The van der Waals surface area contributed by atoms with Crippen LogP contribution in [0.5, 0.6) is 0 Å². The highest BCUT2D eigenvalue weighted by Crippen LogP contribution is 2.22. The number of nitrogens with zero attached hydrogens (tertiary/aromatic N) is 1. The van der Waals surface area contributed by atoms with E-state index in [1.165, 1.54) is 23.1 Å². The van der Waals surface area contributed by atoms with E-state index in [1.54, 1.807) is 31.3 Å². The molecule has 0 aliphatic heterocycles. The molecular weight excluding hydrogens is 267 g/mol. The quantitative estimate of drug-likeness (QED) is 0.857. The van der Waals surface area contributed by atoms with Gasteiger partial charge in [-0.05, 0) is 36.4 Å². The van der Waals surface area contributed by atoms with Gasteiger partial charge in [0.05, 0.1) is 5.56 Å². The Morgan fingerprint density at radius 2 is 2.00 bits per heavy atom. The Morgan fingerprint density at radius 3 is 2.63 bits per heavy atom. The van der Waals surface area contributed by atoms with Crippen LogP contribution in [0.1, 0.15) is 10.4 Å². The minimum Gasteiger partial charge on any atom is -0.398 e. The number of hydrogen-bond donors (Lipinski definition) is 1. The highest BCUT2D eigenvalue weighted by molar-refractivity contribution is 6.31. The number of anilines is 2. The summed E-state index contributed by atoms with van der Waals surface area (Å²) in [6, 6.07) is 10.4. The second kappa shape index (κ2) is 5.28. The summed E-state index contributed by atoms with van der Waals surface area (Å²) in [6.07, 6.45) is 0. The average molecular weight is 279 g/mol. The van der Waals surface area contributed by atoms with Crippen molar-refractivity contribution in [2.24, 2.45) is 0 Å². The zero-order valence-corrected chi connectivity index (χ0v) is 11.0. The monoisotopic (exact) mass is 278 g/mol. The average Bonchev–Trinajstić information content (AvgIpc) is 2.37. The van der Waals surface area contributed by atoms with Gasteiger partial charge >= 0.3 is 0 Å². The largest absolute Gasteiger partial charge is 0.398 e. The number of rotatable bonds is 2. The van der Waals surface area contributed by atoms with Crippen molar-refractivity contribution in [3.63, 3.8) is 0 Å². The molecule has 0 atom stereocenters. The summed E-state index contributed by atoms with van der Waals surface area (Å²) in [5, 5.41) is 0.461. The second-order valence-corrected chi connectivity index (χ2v) is 4.51. The number of carbonyl (C=O) groups excluding carboxylic acids is 1. The van der Waals surface area contributed by atoms with E-state index in [2.05, 4.69) is 0 Å². The van der Waals surface area contributed by atoms with Crippen molar-refractivity contribution in [2.45, 2.75) is 0 Å². The van der Waals surface area contributed by atoms with E-state index in [1.807, 2.05) is 0 Å². The van der Waals surface area contributed by atoms with Crippen molar-refractivity contribution in [3.05, 3.63) is 58.9 Å². The van der Waals surface area contributed by atoms with Gasteiger partial charge in [-0.25, -0.2) is 4.39 Å². The van der Waals surface area contributed by atoms with Gasteiger partial charge < -0.3 is 10.6 Å². The molecule has 19 heavy (non-hydrogen) atoms. The molecule has 0 aliphatic rings. The molecule has 0 spiro atoms. The Hall–Kier alpha value is -2.07. The van der Waals surface area contributed by atoms with Gasteiger partial charge in [-0.2, -0.15) is 0 Å².